The number of carbonyl (C=O) groups is 3. The Hall–Kier alpha value is -2.96. The molecule has 0 aliphatic carbocycles. The molecule has 0 radical (unpaired) electrons. The summed E-state index contributed by atoms with van der Waals surface area (Å²) in [6.07, 6.45) is 5.60. The molecule has 250 valence electrons. The van der Waals surface area contributed by atoms with E-state index < -0.39 is 57.6 Å². The third-order valence-corrected chi connectivity index (χ3v) is 11.9. The molecular weight excluding hydrogens is 634 g/mol. The van der Waals surface area contributed by atoms with Crippen LogP contribution in [0.3, 0.4) is 0 Å². The number of ether oxygens (including phenoxy) is 4. The van der Waals surface area contributed by atoms with Crippen molar-refractivity contribution in [3.8, 4) is 11.5 Å². The van der Waals surface area contributed by atoms with Gasteiger partial charge in [-0.1, -0.05) is 68.0 Å². The quantitative estimate of drug-likeness (QED) is 0.111. The molecule has 0 N–H and O–H groups in total. The van der Waals surface area contributed by atoms with Gasteiger partial charge >= 0.3 is 11.9 Å². The zero-order valence-corrected chi connectivity index (χ0v) is 28.3. The van der Waals surface area contributed by atoms with E-state index in [0.29, 0.717) is 17.9 Å². The molecule has 2 aromatic rings. The normalized spacial score (nSPS) is 24.6. The van der Waals surface area contributed by atoms with E-state index in [1.54, 1.807) is 38.1 Å². The number of fused-ring (bicyclic) bond motifs is 3. The number of cyclic esters (lactones) is 1. The maximum absolute atomic E-state index is 13.7. The zero-order chi connectivity index (χ0) is 33.0. The van der Waals surface area contributed by atoms with E-state index >= 15 is 0 Å². The van der Waals surface area contributed by atoms with Crippen molar-refractivity contribution in [1.82, 2.24) is 4.90 Å². The van der Waals surface area contributed by atoms with Gasteiger partial charge in [0.15, 0.2) is 11.5 Å². The van der Waals surface area contributed by atoms with Gasteiger partial charge in [-0.15, -0.1) is 11.8 Å². The number of rotatable bonds is 12. The van der Waals surface area contributed by atoms with Crippen LogP contribution in [0.15, 0.2) is 42.5 Å². The second-order valence-electron chi connectivity index (χ2n) is 12.5. The van der Waals surface area contributed by atoms with Crippen LogP contribution in [0.4, 0.5) is 4.39 Å². The molecule has 4 heterocycles. The Morgan fingerprint density at radius 2 is 1.83 bits per heavy atom. The van der Waals surface area contributed by atoms with Crippen molar-refractivity contribution in [2.24, 2.45) is 0 Å². The predicted molar refractivity (Wildman–Crippen MR) is 174 cm³/mol. The molecule has 2 aromatic carbocycles. The van der Waals surface area contributed by atoms with Crippen LogP contribution in [0.2, 0.25) is 0 Å². The highest BCUT2D eigenvalue weighted by atomic mass is 32.2. The van der Waals surface area contributed by atoms with Crippen molar-refractivity contribution in [2.75, 3.05) is 12.5 Å². The van der Waals surface area contributed by atoms with Crippen LogP contribution in [0.25, 0.3) is 0 Å². The van der Waals surface area contributed by atoms with Crippen LogP contribution in [-0.2, 0) is 36.7 Å². The minimum atomic E-state index is -1.59. The van der Waals surface area contributed by atoms with Gasteiger partial charge in [0.1, 0.15) is 22.4 Å². The second kappa shape index (κ2) is 14.9. The molecule has 6 rings (SSSR count). The fraction of sp³-hybridized carbons (Fsp3) is 0.559. The van der Waals surface area contributed by atoms with Gasteiger partial charge in [0, 0.05) is 16.7 Å². The molecule has 3 unspecified atom stereocenters. The number of halogens is 1. The van der Waals surface area contributed by atoms with Crippen LogP contribution in [-0.4, -0.2) is 67.4 Å². The Morgan fingerprint density at radius 1 is 1.11 bits per heavy atom. The Bertz CT molecular complexity index is 1420. The zero-order valence-electron chi connectivity index (χ0n) is 26.7. The van der Waals surface area contributed by atoms with E-state index in [0.717, 1.165) is 30.1 Å². The number of unbranched alkanes of at least 4 members (excludes halogenated alkanes) is 5. The van der Waals surface area contributed by atoms with E-state index in [2.05, 4.69) is 13.8 Å². The molecule has 0 saturated carbocycles. The highest BCUT2D eigenvalue weighted by Gasteiger charge is 2.65. The summed E-state index contributed by atoms with van der Waals surface area (Å²) >= 11 is 0.489. The average molecular weight is 676 g/mol. The van der Waals surface area contributed by atoms with Crippen molar-refractivity contribution < 1.29 is 42.3 Å². The number of thioether (sulfide) groups is 1. The van der Waals surface area contributed by atoms with Gasteiger partial charge in [0.05, 0.1) is 5.56 Å². The molecule has 12 heteroatoms. The lowest BCUT2D eigenvalue weighted by Gasteiger charge is -2.39. The highest BCUT2D eigenvalue weighted by Crippen LogP contribution is 2.52. The smallest absolute Gasteiger partial charge is 0.342 e. The standard InChI is InChI=1S/C18H28O3S.C16H14FNO5S/c1-3-4-5-6-7-8-11-22(19)15(2)12-16-9-10-17-18(13-16)21-14-20-17;1-16(2)10(18-11(19)9(17)12(18)24-16)14(21)23-15-8-6-4-3-5-7(8)13(20)22-15/h9-10,13,15H,3-8,11-12,14H2,1-2H3;3-6,9-10,12,15H,1-2H3/t;9-,10+,12-,15?/m.1/s1. The molecule has 1 amide bonds. The van der Waals surface area contributed by atoms with E-state index in [1.165, 1.54) is 54.3 Å². The summed E-state index contributed by atoms with van der Waals surface area (Å²) in [5, 5.41) is -0.473. The monoisotopic (exact) mass is 675 g/mol. The van der Waals surface area contributed by atoms with Gasteiger partial charge in [0.2, 0.25) is 13.0 Å². The number of carbonyl (C=O) groups excluding carboxylic acids is 3. The third kappa shape index (κ3) is 7.44. The van der Waals surface area contributed by atoms with Crippen molar-refractivity contribution in [1.29, 1.82) is 0 Å². The van der Waals surface area contributed by atoms with Gasteiger partial charge in [-0.2, -0.15) is 0 Å². The Balaban J connectivity index is 0.000000182. The van der Waals surface area contributed by atoms with Crippen molar-refractivity contribution >= 4 is 40.8 Å². The fourth-order valence-corrected chi connectivity index (χ4v) is 8.84. The molecule has 2 fully saturated rings. The lowest BCUT2D eigenvalue weighted by Crippen LogP contribution is -2.64. The van der Waals surface area contributed by atoms with Crippen LogP contribution < -0.4 is 9.47 Å². The van der Waals surface area contributed by atoms with Gasteiger partial charge in [0.25, 0.3) is 12.2 Å². The van der Waals surface area contributed by atoms with Crippen molar-refractivity contribution in [3.63, 3.8) is 0 Å². The number of alkyl halides is 1. The van der Waals surface area contributed by atoms with E-state index in [-0.39, 0.29) is 5.25 Å². The predicted octanol–water partition coefficient (Wildman–Crippen LogP) is 6.25. The second-order valence-corrected chi connectivity index (χ2v) is 16.2. The number of hydrogen-bond donors (Lipinski definition) is 0. The Kier molecular flexibility index (Phi) is 11.1. The Morgan fingerprint density at radius 3 is 2.61 bits per heavy atom. The van der Waals surface area contributed by atoms with Gasteiger partial charge in [-0.05, 0) is 57.4 Å². The van der Waals surface area contributed by atoms with E-state index in [1.807, 2.05) is 18.2 Å². The first-order valence-corrected chi connectivity index (χ1v) is 18.2. The molecule has 0 spiro atoms. The van der Waals surface area contributed by atoms with Gasteiger partial charge < -0.3 is 28.4 Å². The summed E-state index contributed by atoms with van der Waals surface area (Å²) in [6.45, 7) is 8.13. The minimum absolute atomic E-state index is 0.191. The molecule has 0 bridgehead atoms. The molecule has 9 nitrogen and oxygen atoms in total. The van der Waals surface area contributed by atoms with Gasteiger partial charge in [-0.25, -0.2) is 14.0 Å². The Labute approximate surface area is 277 Å². The lowest BCUT2D eigenvalue weighted by atomic mass is 9.97. The molecule has 4 aliphatic heterocycles. The SMILES string of the molecule is CC1(C)S[C@@H]2[C@H](F)C(=O)N2[C@H]1C(=O)OC1OC(=O)c2ccccc21.CCCCCCCC[S+]([O-])C(C)Cc1ccc2c(c1)OCO2. The lowest BCUT2D eigenvalue weighted by molar-refractivity contribution is -0.182. The highest BCUT2D eigenvalue weighted by molar-refractivity contribution is 8.01. The molecule has 6 atom stereocenters. The molecule has 0 aromatic heterocycles. The summed E-state index contributed by atoms with van der Waals surface area (Å²) < 4.78 is 46.5. The number of benzene rings is 2. The van der Waals surface area contributed by atoms with Crippen LogP contribution >= 0.6 is 11.8 Å². The number of hydrogen-bond acceptors (Lipinski definition) is 9. The summed E-state index contributed by atoms with van der Waals surface area (Å²) in [6, 6.07) is 11.7. The fourth-order valence-electron chi connectivity index (χ4n) is 6.04. The molecule has 2 saturated heterocycles. The first kappa shape index (κ1) is 34.4. The number of nitrogens with zero attached hydrogens (tertiary/aromatic N) is 1. The first-order valence-electron chi connectivity index (χ1n) is 15.9. The van der Waals surface area contributed by atoms with Crippen LogP contribution in [0, 0.1) is 0 Å². The van der Waals surface area contributed by atoms with Crippen LogP contribution in [0.1, 0.15) is 94.0 Å². The summed E-state index contributed by atoms with van der Waals surface area (Å²) in [5.74, 6) is 0.479. The topological polar surface area (TPSA) is 114 Å². The number of amides is 1. The first-order chi connectivity index (χ1) is 22.0. The summed E-state index contributed by atoms with van der Waals surface area (Å²) in [7, 11) is 0. The number of β-lactam (4-membered cyclic amide) rings is 1. The number of esters is 2. The molecule has 46 heavy (non-hydrogen) atoms. The largest absolute Gasteiger partial charge is 0.616 e. The maximum Gasteiger partial charge on any atom is 0.342 e. The average Bonchev–Trinajstić information content (AvgIpc) is 3.71. The maximum atomic E-state index is 13.7. The molecule has 4 aliphatic rings. The third-order valence-electron chi connectivity index (χ3n) is 8.58. The van der Waals surface area contributed by atoms with E-state index in [9.17, 15) is 23.3 Å². The minimum Gasteiger partial charge on any atom is -0.616 e. The van der Waals surface area contributed by atoms with E-state index in [4.69, 9.17) is 18.9 Å². The summed E-state index contributed by atoms with van der Waals surface area (Å²) in [5.41, 5.74) is 1.99. The van der Waals surface area contributed by atoms with Crippen LogP contribution in [0.5, 0.6) is 11.5 Å². The van der Waals surface area contributed by atoms with Crippen molar-refractivity contribution in [2.45, 2.75) is 107 Å². The van der Waals surface area contributed by atoms with Gasteiger partial charge in [-0.3, -0.25) is 4.79 Å². The molecular formula is C34H42FNO8S2. The summed E-state index contributed by atoms with van der Waals surface area (Å²) in [4.78, 5) is 37.4. The van der Waals surface area contributed by atoms with Crippen molar-refractivity contribution in [3.05, 3.63) is 59.2 Å².